The van der Waals surface area contributed by atoms with E-state index in [1.165, 1.54) is 0 Å². The highest BCUT2D eigenvalue weighted by Gasteiger charge is 2.42. The van der Waals surface area contributed by atoms with Crippen LogP contribution < -0.4 is 0 Å². The Hall–Kier alpha value is -1.88. The Morgan fingerprint density at radius 3 is 2.04 bits per heavy atom. The summed E-state index contributed by atoms with van der Waals surface area (Å²) < 4.78 is 6.03. The van der Waals surface area contributed by atoms with E-state index in [9.17, 15) is 9.59 Å². The Morgan fingerprint density at radius 2 is 1.52 bits per heavy atom. The minimum absolute atomic E-state index is 0.0284. The molecule has 0 aromatic heterocycles. The van der Waals surface area contributed by atoms with Crippen LogP contribution in [0.25, 0.3) is 0 Å². The molecule has 0 radical (unpaired) electrons. The molecule has 4 nitrogen and oxygen atoms in total. The van der Waals surface area contributed by atoms with E-state index in [1.807, 2.05) is 24.3 Å². The number of hydrogen-bond acceptors (Lipinski definition) is 3. The Labute approximate surface area is 156 Å². The van der Waals surface area contributed by atoms with Crippen LogP contribution in [0.15, 0.2) is 48.5 Å². The highest BCUT2D eigenvalue weighted by Crippen LogP contribution is 2.41. The molecule has 0 spiro atoms. The summed E-state index contributed by atoms with van der Waals surface area (Å²) in [5.74, 6) is -0.211. The van der Waals surface area contributed by atoms with Gasteiger partial charge in [-0.3, -0.25) is 4.79 Å². The Morgan fingerprint density at radius 1 is 1.00 bits per heavy atom. The van der Waals surface area contributed by atoms with Crippen molar-refractivity contribution in [2.45, 2.75) is 24.7 Å². The molecular formula is C19H17Cl2NO3. The van der Waals surface area contributed by atoms with Gasteiger partial charge in [-0.25, -0.2) is 0 Å². The first-order valence-corrected chi connectivity index (χ1v) is 8.63. The van der Waals surface area contributed by atoms with Gasteiger partial charge in [0.2, 0.25) is 0 Å². The molecule has 130 valence electrons. The zero-order valence-corrected chi connectivity index (χ0v) is 15.1. The lowest BCUT2D eigenvalue weighted by Crippen LogP contribution is -2.49. The topological polar surface area (TPSA) is 46.6 Å². The van der Waals surface area contributed by atoms with Crippen molar-refractivity contribution in [3.63, 3.8) is 0 Å². The van der Waals surface area contributed by atoms with Gasteiger partial charge in [-0.2, -0.15) is 0 Å². The zero-order chi connectivity index (χ0) is 18.0. The van der Waals surface area contributed by atoms with E-state index in [4.69, 9.17) is 27.9 Å². The molecule has 3 atom stereocenters. The molecule has 0 saturated carbocycles. The standard InChI is InChI=1S/C19H17Cl2NO3/c1-22-17(12-2-6-14(20)7-3-12)18(13-4-8-15(21)9-5-13)25-16(10-11-23)19(22)24/h2-9,11,16-18H,10H2,1H3/t16-,17?,18-/m1/s1. The maximum absolute atomic E-state index is 12.6. The highest BCUT2D eigenvalue weighted by atomic mass is 35.5. The van der Waals surface area contributed by atoms with Gasteiger partial charge >= 0.3 is 0 Å². The van der Waals surface area contributed by atoms with Crippen molar-refractivity contribution >= 4 is 35.4 Å². The lowest BCUT2D eigenvalue weighted by molar-refractivity contribution is -0.172. The van der Waals surface area contributed by atoms with Gasteiger partial charge in [-0.05, 0) is 35.4 Å². The third-order valence-electron chi connectivity index (χ3n) is 4.36. The lowest BCUT2D eigenvalue weighted by Gasteiger charge is -2.42. The van der Waals surface area contributed by atoms with Gasteiger partial charge in [-0.1, -0.05) is 47.5 Å². The number of nitrogens with zero attached hydrogens (tertiary/aromatic N) is 1. The minimum Gasteiger partial charge on any atom is -0.357 e. The van der Waals surface area contributed by atoms with Crippen LogP contribution in [-0.4, -0.2) is 30.2 Å². The first-order valence-electron chi connectivity index (χ1n) is 7.88. The SMILES string of the molecule is CN1C(=O)[C@@H](CC=O)O[C@H](c2ccc(Cl)cc2)C1c1ccc(Cl)cc1. The third kappa shape index (κ3) is 3.71. The average Bonchev–Trinajstić information content (AvgIpc) is 2.61. The minimum atomic E-state index is -0.785. The molecule has 0 aliphatic carbocycles. The Kier molecular flexibility index (Phi) is 5.42. The van der Waals surface area contributed by atoms with Crippen molar-refractivity contribution in [3.05, 3.63) is 69.7 Å². The van der Waals surface area contributed by atoms with Crippen LogP contribution in [0.4, 0.5) is 0 Å². The number of morpholine rings is 1. The fourth-order valence-corrected chi connectivity index (χ4v) is 3.34. The third-order valence-corrected chi connectivity index (χ3v) is 4.86. The molecule has 6 heteroatoms. The predicted molar refractivity (Wildman–Crippen MR) is 96.7 cm³/mol. The maximum Gasteiger partial charge on any atom is 0.252 e. The summed E-state index contributed by atoms with van der Waals surface area (Å²) in [7, 11) is 1.73. The number of likely N-dealkylation sites (N-methyl/N-ethyl adjacent to an activating group) is 1. The molecule has 2 aromatic rings. The predicted octanol–water partition coefficient (Wildman–Crippen LogP) is 4.22. The first-order chi connectivity index (χ1) is 12.0. The van der Waals surface area contributed by atoms with Crippen LogP contribution in [0.5, 0.6) is 0 Å². The van der Waals surface area contributed by atoms with Crippen LogP contribution in [-0.2, 0) is 14.3 Å². The second kappa shape index (κ2) is 7.56. The van der Waals surface area contributed by atoms with Gasteiger partial charge in [0, 0.05) is 23.5 Å². The number of rotatable bonds is 4. The smallest absolute Gasteiger partial charge is 0.252 e. The fourth-order valence-electron chi connectivity index (χ4n) is 3.09. The number of hydrogen-bond donors (Lipinski definition) is 0. The van der Waals surface area contributed by atoms with E-state index in [-0.39, 0.29) is 18.4 Å². The summed E-state index contributed by atoms with van der Waals surface area (Å²) in [6, 6.07) is 14.3. The molecular weight excluding hydrogens is 361 g/mol. The van der Waals surface area contributed by atoms with E-state index < -0.39 is 12.2 Å². The zero-order valence-electron chi connectivity index (χ0n) is 13.6. The number of ether oxygens (including phenoxy) is 1. The molecule has 1 fully saturated rings. The molecule has 1 saturated heterocycles. The van der Waals surface area contributed by atoms with Crippen molar-refractivity contribution in [2.24, 2.45) is 0 Å². The van der Waals surface area contributed by atoms with Gasteiger partial charge in [0.15, 0.2) is 0 Å². The number of carbonyl (C=O) groups excluding carboxylic acids is 2. The van der Waals surface area contributed by atoms with Crippen LogP contribution in [0.2, 0.25) is 10.0 Å². The summed E-state index contributed by atoms with van der Waals surface area (Å²) in [5.41, 5.74) is 1.80. The second-order valence-corrected chi connectivity index (χ2v) is 6.82. The number of carbonyl (C=O) groups is 2. The molecule has 1 amide bonds. The van der Waals surface area contributed by atoms with Crippen molar-refractivity contribution in [1.29, 1.82) is 0 Å². The fraction of sp³-hybridized carbons (Fsp3) is 0.263. The van der Waals surface area contributed by atoms with Crippen LogP contribution in [0.1, 0.15) is 29.7 Å². The van der Waals surface area contributed by atoms with E-state index in [1.54, 1.807) is 36.2 Å². The Bertz CT molecular complexity index is 761. The summed E-state index contributed by atoms with van der Waals surface area (Å²) in [5, 5.41) is 1.24. The molecule has 1 aliphatic heterocycles. The Balaban J connectivity index is 2.03. The van der Waals surface area contributed by atoms with Crippen molar-refractivity contribution in [3.8, 4) is 0 Å². The number of aldehydes is 1. The van der Waals surface area contributed by atoms with Gasteiger partial charge in [0.1, 0.15) is 18.5 Å². The molecule has 1 heterocycles. The second-order valence-electron chi connectivity index (χ2n) is 5.94. The number of amides is 1. The van der Waals surface area contributed by atoms with Crippen LogP contribution in [0, 0.1) is 0 Å². The summed E-state index contributed by atoms with van der Waals surface area (Å²) in [4.78, 5) is 25.2. The van der Waals surface area contributed by atoms with E-state index in [2.05, 4.69) is 0 Å². The van der Waals surface area contributed by atoms with E-state index in [0.717, 1.165) is 11.1 Å². The average molecular weight is 378 g/mol. The summed E-state index contributed by atoms with van der Waals surface area (Å²) in [6.07, 6.45) is -0.462. The summed E-state index contributed by atoms with van der Waals surface area (Å²) >= 11 is 12.0. The largest absolute Gasteiger partial charge is 0.357 e. The van der Waals surface area contributed by atoms with Gasteiger partial charge < -0.3 is 14.4 Å². The lowest BCUT2D eigenvalue weighted by atomic mass is 9.92. The number of halogens is 2. The number of benzene rings is 2. The first kappa shape index (κ1) is 17.9. The van der Waals surface area contributed by atoms with Crippen molar-refractivity contribution in [1.82, 2.24) is 4.90 Å². The van der Waals surface area contributed by atoms with Crippen LogP contribution in [0.3, 0.4) is 0 Å². The van der Waals surface area contributed by atoms with Crippen molar-refractivity contribution < 1.29 is 14.3 Å². The summed E-state index contributed by atoms with van der Waals surface area (Å²) in [6.45, 7) is 0. The molecule has 25 heavy (non-hydrogen) atoms. The van der Waals surface area contributed by atoms with E-state index >= 15 is 0 Å². The molecule has 2 aromatic carbocycles. The normalized spacial score (nSPS) is 23.6. The van der Waals surface area contributed by atoms with Gasteiger partial charge in [-0.15, -0.1) is 0 Å². The van der Waals surface area contributed by atoms with Crippen molar-refractivity contribution in [2.75, 3.05) is 7.05 Å². The molecule has 3 rings (SSSR count). The van der Waals surface area contributed by atoms with E-state index in [0.29, 0.717) is 16.3 Å². The van der Waals surface area contributed by atoms with Crippen LogP contribution >= 0.6 is 23.2 Å². The highest BCUT2D eigenvalue weighted by molar-refractivity contribution is 6.30. The van der Waals surface area contributed by atoms with Gasteiger partial charge in [0.05, 0.1) is 6.04 Å². The molecule has 1 unspecified atom stereocenters. The van der Waals surface area contributed by atoms with Gasteiger partial charge in [0.25, 0.3) is 5.91 Å². The molecule has 1 aliphatic rings. The monoisotopic (exact) mass is 377 g/mol. The maximum atomic E-state index is 12.6. The molecule has 0 bridgehead atoms. The quantitative estimate of drug-likeness (QED) is 0.749. The molecule has 0 N–H and O–H groups in total.